The number of nitrogens with one attached hydrogen (secondary N) is 1. The maximum Gasteiger partial charge on any atom is 0.214 e. The number of fused-ring (bicyclic) bond motifs is 1. The van der Waals surface area contributed by atoms with Crippen molar-refractivity contribution in [2.45, 2.75) is 25.6 Å². The molecule has 0 aliphatic rings. The van der Waals surface area contributed by atoms with E-state index in [-0.39, 0.29) is 0 Å². The summed E-state index contributed by atoms with van der Waals surface area (Å²) in [6, 6.07) is 13.9. The molecule has 1 N–H and O–H groups in total. The number of benzene rings is 2. The molecule has 2 aromatic carbocycles. The van der Waals surface area contributed by atoms with Crippen molar-refractivity contribution in [2.24, 2.45) is 0 Å². The quantitative estimate of drug-likeness (QED) is 0.921. The molecule has 0 heterocycles. The molecule has 0 unspecified atom stereocenters. The van der Waals surface area contributed by atoms with Gasteiger partial charge in [0.15, 0.2) is 0 Å². The van der Waals surface area contributed by atoms with E-state index in [0.29, 0.717) is 6.54 Å². The van der Waals surface area contributed by atoms with Crippen molar-refractivity contribution in [2.75, 3.05) is 0 Å². The Labute approximate surface area is 108 Å². The number of hydrogen-bond acceptors (Lipinski definition) is 2. The lowest BCUT2D eigenvalue weighted by molar-refractivity contribution is 0.572. The van der Waals surface area contributed by atoms with Gasteiger partial charge < -0.3 is 0 Å². The van der Waals surface area contributed by atoms with E-state index >= 15 is 0 Å². The average Bonchev–Trinajstić information content (AvgIpc) is 2.36. The topological polar surface area (TPSA) is 46.2 Å². The normalized spacial score (nSPS) is 12.2. The van der Waals surface area contributed by atoms with E-state index in [1.807, 2.05) is 42.5 Å². The van der Waals surface area contributed by atoms with Crippen LogP contribution in [0.2, 0.25) is 0 Å². The molecule has 0 radical (unpaired) electrons. The Balaban J connectivity index is 2.28. The first-order valence-corrected chi connectivity index (χ1v) is 7.50. The lowest BCUT2D eigenvalue weighted by Gasteiger charge is -2.11. The van der Waals surface area contributed by atoms with Crippen LogP contribution in [0, 0.1) is 0 Å². The van der Waals surface area contributed by atoms with Gasteiger partial charge in [-0.15, -0.1) is 0 Å². The van der Waals surface area contributed by atoms with Crippen LogP contribution >= 0.6 is 0 Å². The van der Waals surface area contributed by atoms with Crippen molar-refractivity contribution >= 4 is 20.8 Å². The smallest absolute Gasteiger partial charge is 0.212 e. The van der Waals surface area contributed by atoms with Crippen LogP contribution in [0.15, 0.2) is 42.5 Å². The second kappa shape index (κ2) is 5.08. The van der Waals surface area contributed by atoms with Gasteiger partial charge in [0, 0.05) is 6.54 Å². The van der Waals surface area contributed by atoms with Crippen molar-refractivity contribution in [3.63, 3.8) is 0 Å². The molecule has 0 spiro atoms. The Morgan fingerprint density at radius 2 is 1.72 bits per heavy atom. The molecule has 0 saturated carbocycles. The van der Waals surface area contributed by atoms with E-state index in [0.717, 1.165) is 16.3 Å². The predicted molar refractivity (Wildman–Crippen MR) is 74.8 cm³/mol. The SMILES string of the molecule is CC(C)S(=O)(=O)NCc1cccc2ccccc12. The third-order valence-corrected chi connectivity index (χ3v) is 4.75. The highest BCUT2D eigenvalue weighted by Crippen LogP contribution is 2.18. The van der Waals surface area contributed by atoms with E-state index in [1.54, 1.807) is 13.8 Å². The zero-order valence-corrected chi connectivity index (χ0v) is 11.4. The third kappa shape index (κ3) is 2.71. The summed E-state index contributed by atoms with van der Waals surface area (Å²) in [5.41, 5.74) is 0.998. The summed E-state index contributed by atoms with van der Waals surface area (Å²) in [6.07, 6.45) is 0. The molecule has 2 aromatic rings. The van der Waals surface area contributed by atoms with Gasteiger partial charge in [0.05, 0.1) is 5.25 Å². The zero-order valence-electron chi connectivity index (χ0n) is 10.6. The summed E-state index contributed by atoms with van der Waals surface area (Å²) in [4.78, 5) is 0. The Bertz CT molecular complexity index is 642. The largest absolute Gasteiger partial charge is 0.214 e. The zero-order chi connectivity index (χ0) is 13.2. The van der Waals surface area contributed by atoms with Crippen LogP contribution in [0.5, 0.6) is 0 Å². The van der Waals surface area contributed by atoms with Crippen LogP contribution in [-0.4, -0.2) is 13.7 Å². The summed E-state index contributed by atoms with van der Waals surface area (Å²) in [5, 5.41) is 1.80. The minimum atomic E-state index is -3.22. The van der Waals surface area contributed by atoms with Crippen LogP contribution in [0.25, 0.3) is 10.8 Å². The van der Waals surface area contributed by atoms with Gasteiger partial charge in [-0.25, -0.2) is 13.1 Å². The second-order valence-corrected chi connectivity index (χ2v) is 6.87. The summed E-state index contributed by atoms with van der Waals surface area (Å²) in [6.45, 7) is 3.68. The molecule has 2 rings (SSSR count). The molecule has 0 amide bonds. The van der Waals surface area contributed by atoms with Crippen LogP contribution in [-0.2, 0) is 16.6 Å². The average molecular weight is 263 g/mol. The molecule has 3 nitrogen and oxygen atoms in total. The molecular weight excluding hydrogens is 246 g/mol. The number of hydrogen-bond donors (Lipinski definition) is 1. The van der Waals surface area contributed by atoms with Crippen LogP contribution in [0.3, 0.4) is 0 Å². The van der Waals surface area contributed by atoms with Crippen molar-refractivity contribution in [3.05, 3.63) is 48.0 Å². The molecule has 0 aliphatic heterocycles. The first-order valence-electron chi connectivity index (χ1n) is 5.96. The van der Waals surface area contributed by atoms with E-state index in [9.17, 15) is 8.42 Å². The van der Waals surface area contributed by atoms with Crippen LogP contribution in [0.4, 0.5) is 0 Å². The summed E-state index contributed by atoms with van der Waals surface area (Å²) >= 11 is 0. The summed E-state index contributed by atoms with van der Waals surface area (Å²) in [5.74, 6) is 0. The minimum Gasteiger partial charge on any atom is -0.212 e. The maximum atomic E-state index is 11.7. The molecule has 0 bridgehead atoms. The van der Waals surface area contributed by atoms with Crippen LogP contribution in [0.1, 0.15) is 19.4 Å². The van der Waals surface area contributed by atoms with Gasteiger partial charge in [0.2, 0.25) is 10.0 Å². The predicted octanol–water partition coefficient (Wildman–Crippen LogP) is 2.67. The fourth-order valence-electron chi connectivity index (χ4n) is 1.79. The Hall–Kier alpha value is -1.39. The van der Waals surface area contributed by atoms with Gasteiger partial charge in [-0.2, -0.15) is 0 Å². The second-order valence-electron chi connectivity index (χ2n) is 4.55. The molecule has 0 atom stereocenters. The van der Waals surface area contributed by atoms with Crippen LogP contribution < -0.4 is 4.72 Å². The molecule has 96 valence electrons. The summed E-state index contributed by atoms with van der Waals surface area (Å²) in [7, 11) is -3.22. The molecular formula is C14H17NO2S. The molecule has 4 heteroatoms. The Morgan fingerprint density at radius 1 is 1.06 bits per heavy atom. The fraction of sp³-hybridized carbons (Fsp3) is 0.286. The van der Waals surface area contributed by atoms with Crippen molar-refractivity contribution in [1.82, 2.24) is 4.72 Å². The van der Waals surface area contributed by atoms with Gasteiger partial charge in [0.1, 0.15) is 0 Å². The monoisotopic (exact) mass is 263 g/mol. The van der Waals surface area contributed by atoms with Crippen molar-refractivity contribution in [3.8, 4) is 0 Å². The minimum absolute atomic E-state index is 0.335. The number of sulfonamides is 1. The highest BCUT2D eigenvalue weighted by molar-refractivity contribution is 7.90. The first kappa shape index (κ1) is 13.1. The molecule has 0 saturated heterocycles. The van der Waals surface area contributed by atoms with Crippen molar-refractivity contribution in [1.29, 1.82) is 0 Å². The maximum absolute atomic E-state index is 11.7. The third-order valence-electron chi connectivity index (χ3n) is 2.96. The summed E-state index contributed by atoms with van der Waals surface area (Å²) < 4.78 is 26.1. The lowest BCUT2D eigenvalue weighted by atomic mass is 10.1. The van der Waals surface area contributed by atoms with Gasteiger partial charge in [-0.1, -0.05) is 42.5 Å². The molecule has 0 aliphatic carbocycles. The lowest BCUT2D eigenvalue weighted by Crippen LogP contribution is -2.30. The Morgan fingerprint density at radius 3 is 2.44 bits per heavy atom. The Kier molecular flexibility index (Phi) is 3.68. The van der Waals surface area contributed by atoms with E-state index in [4.69, 9.17) is 0 Å². The van der Waals surface area contributed by atoms with Gasteiger partial charge >= 0.3 is 0 Å². The highest BCUT2D eigenvalue weighted by Gasteiger charge is 2.15. The van der Waals surface area contributed by atoms with Gasteiger partial charge in [0.25, 0.3) is 0 Å². The van der Waals surface area contributed by atoms with Gasteiger partial charge in [-0.3, -0.25) is 0 Å². The van der Waals surface area contributed by atoms with E-state index in [2.05, 4.69) is 4.72 Å². The van der Waals surface area contributed by atoms with E-state index < -0.39 is 15.3 Å². The molecule has 0 aromatic heterocycles. The van der Waals surface area contributed by atoms with E-state index in [1.165, 1.54) is 0 Å². The molecule has 18 heavy (non-hydrogen) atoms. The van der Waals surface area contributed by atoms with Crippen molar-refractivity contribution < 1.29 is 8.42 Å². The number of rotatable bonds is 4. The van der Waals surface area contributed by atoms with Gasteiger partial charge in [-0.05, 0) is 30.2 Å². The fourth-order valence-corrected chi connectivity index (χ4v) is 2.48. The highest BCUT2D eigenvalue weighted by atomic mass is 32.2. The standard InChI is InChI=1S/C14H17NO2S/c1-11(2)18(16,17)15-10-13-8-5-7-12-6-3-4-9-14(12)13/h3-9,11,15H,10H2,1-2H3. The first-order chi connectivity index (χ1) is 8.50. The molecule has 0 fully saturated rings.